The van der Waals surface area contributed by atoms with Crippen LogP contribution < -0.4 is 10.1 Å². The summed E-state index contributed by atoms with van der Waals surface area (Å²) in [5, 5.41) is 3.09. The van der Waals surface area contributed by atoms with Gasteiger partial charge in [0.1, 0.15) is 5.75 Å². The first-order chi connectivity index (χ1) is 9.66. The molecule has 0 saturated carbocycles. The molecule has 0 fully saturated rings. The van der Waals surface area contributed by atoms with E-state index in [0.29, 0.717) is 19.6 Å². The Morgan fingerprint density at radius 1 is 1.45 bits per heavy atom. The van der Waals surface area contributed by atoms with Crippen molar-refractivity contribution in [2.24, 2.45) is 0 Å². The van der Waals surface area contributed by atoms with Gasteiger partial charge in [0.2, 0.25) is 5.91 Å². The highest BCUT2D eigenvalue weighted by molar-refractivity contribution is 5.76. The minimum atomic E-state index is 0.0346. The average molecular weight is 277 g/mol. The number of hydrogen-bond donors (Lipinski definition) is 1. The molecule has 0 unspecified atom stereocenters. The number of carbonyl (C=O) groups excluding carboxylic acids is 1. The zero-order valence-corrected chi connectivity index (χ0v) is 12.2. The maximum absolute atomic E-state index is 12.0. The molecule has 1 aromatic carbocycles. The summed E-state index contributed by atoms with van der Waals surface area (Å²) in [7, 11) is 0. The van der Waals surface area contributed by atoms with E-state index in [9.17, 15) is 4.79 Å². The maximum Gasteiger partial charge on any atom is 0.222 e. The molecule has 0 spiro atoms. The molecule has 0 saturated heterocycles. The lowest BCUT2D eigenvalue weighted by molar-refractivity contribution is -0.123. The van der Waals surface area contributed by atoms with Crippen LogP contribution in [0.5, 0.6) is 5.75 Å². The molecule has 4 nitrogen and oxygen atoms in total. The van der Waals surface area contributed by atoms with Crippen molar-refractivity contribution in [1.29, 1.82) is 0 Å². The molecule has 110 valence electrons. The van der Waals surface area contributed by atoms with Crippen molar-refractivity contribution in [2.45, 2.75) is 45.3 Å². The van der Waals surface area contributed by atoms with Crippen LogP contribution in [0.25, 0.3) is 0 Å². The number of amides is 1. The largest absolute Gasteiger partial charge is 0.493 e. The van der Waals surface area contributed by atoms with Gasteiger partial charge in [-0.05, 0) is 32.8 Å². The van der Waals surface area contributed by atoms with Crippen molar-refractivity contribution >= 4 is 5.91 Å². The molecule has 0 aliphatic carbocycles. The fourth-order valence-electron chi connectivity index (χ4n) is 2.33. The van der Waals surface area contributed by atoms with Crippen LogP contribution in [-0.2, 0) is 9.53 Å². The maximum atomic E-state index is 12.0. The fraction of sp³-hybridized carbons (Fsp3) is 0.562. The van der Waals surface area contributed by atoms with Gasteiger partial charge in [-0.1, -0.05) is 18.2 Å². The Hall–Kier alpha value is -1.55. The number of nitrogens with one attached hydrogen (secondary N) is 1. The fourth-order valence-corrected chi connectivity index (χ4v) is 2.33. The lowest BCUT2D eigenvalue weighted by Gasteiger charge is -2.18. The second-order valence-corrected chi connectivity index (χ2v) is 5.32. The molecule has 0 aromatic heterocycles. The highest BCUT2D eigenvalue weighted by Crippen LogP contribution is 2.31. The molecule has 1 aliphatic heterocycles. The molecule has 1 aromatic rings. The van der Waals surface area contributed by atoms with Gasteiger partial charge >= 0.3 is 0 Å². The summed E-state index contributed by atoms with van der Waals surface area (Å²) in [6.45, 7) is 5.11. The lowest BCUT2D eigenvalue weighted by Crippen LogP contribution is -2.29. The number of rotatable bonds is 5. The Balaban J connectivity index is 1.93. The molecule has 1 heterocycles. The van der Waals surface area contributed by atoms with E-state index in [4.69, 9.17) is 9.47 Å². The third kappa shape index (κ3) is 4.23. The minimum absolute atomic E-state index is 0.0346. The van der Waals surface area contributed by atoms with Crippen molar-refractivity contribution in [2.75, 3.05) is 13.2 Å². The van der Waals surface area contributed by atoms with Gasteiger partial charge in [-0.2, -0.15) is 0 Å². The number of ether oxygens (including phenoxy) is 2. The van der Waals surface area contributed by atoms with Crippen LogP contribution in [0.15, 0.2) is 24.3 Å². The average Bonchev–Trinajstić information content (AvgIpc) is 2.61. The molecule has 1 atom stereocenters. The highest BCUT2D eigenvalue weighted by Gasteiger charge is 2.20. The first-order valence-electron chi connectivity index (χ1n) is 7.29. The summed E-state index contributed by atoms with van der Waals surface area (Å²) >= 11 is 0. The molecule has 2 rings (SSSR count). The molecule has 20 heavy (non-hydrogen) atoms. The highest BCUT2D eigenvalue weighted by atomic mass is 16.5. The third-order valence-corrected chi connectivity index (χ3v) is 3.30. The zero-order chi connectivity index (χ0) is 14.4. The van der Waals surface area contributed by atoms with E-state index in [1.807, 2.05) is 38.1 Å². The monoisotopic (exact) mass is 277 g/mol. The van der Waals surface area contributed by atoms with E-state index >= 15 is 0 Å². The minimum Gasteiger partial charge on any atom is -0.493 e. The van der Waals surface area contributed by atoms with Gasteiger partial charge in [0.05, 0.1) is 25.4 Å². The van der Waals surface area contributed by atoms with Crippen LogP contribution in [0.1, 0.15) is 44.7 Å². The second-order valence-electron chi connectivity index (χ2n) is 5.32. The topological polar surface area (TPSA) is 47.6 Å². The molecule has 1 amide bonds. The van der Waals surface area contributed by atoms with Gasteiger partial charge in [-0.15, -0.1) is 0 Å². The van der Waals surface area contributed by atoms with E-state index in [-0.39, 0.29) is 18.1 Å². The Morgan fingerprint density at radius 3 is 3.05 bits per heavy atom. The Kier molecular flexibility index (Phi) is 5.41. The summed E-state index contributed by atoms with van der Waals surface area (Å²) in [5.41, 5.74) is 1.07. The van der Waals surface area contributed by atoms with E-state index in [1.165, 1.54) is 0 Å². The van der Waals surface area contributed by atoms with E-state index in [2.05, 4.69) is 5.32 Å². The summed E-state index contributed by atoms with van der Waals surface area (Å²) in [5.74, 6) is 0.918. The van der Waals surface area contributed by atoms with Crippen molar-refractivity contribution in [3.63, 3.8) is 0 Å². The van der Waals surface area contributed by atoms with E-state index < -0.39 is 0 Å². The van der Waals surface area contributed by atoms with Gasteiger partial charge in [0.25, 0.3) is 0 Å². The first-order valence-corrected chi connectivity index (χ1v) is 7.29. The van der Waals surface area contributed by atoms with Crippen molar-refractivity contribution < 1.29 is 14.3 Å². The Labute approximate surface area is 120 Å². The van der Waals surface area contributed by atoms with Crippen molar-refractivity contribution in [3.05, 3.63) is 29.8 Å². The van der Waals surface area contributed by atoms with Crippen molar-refractivity contribution in [1.82, 2.24) is 5.32 Å². The number of para-hydroxylation sites is 1. The summed E-state index contributed by atoms with van der Waals surface area (Å²) in [6.07, 6.45) is 2.42. The van der Waals surface area contributed by atoms with Gasteiger partial charge in [-0.25, -0.2) is 0 Å². The van der Waals surface area contributed by atoms with Crippen molar-refractivity contribution in [3.8, 4) is 5.75 Å². The lowest BCUT2D eigenvalue weighted by atomic mass is 10.0. The predicted molar refractivity (Wildman–Crippen MR) is 77.8 cm³/mol. The summed E-state index contributed by atoms with van der Waals surface area (Å²) in [6, 6.07) is 7.96. The molecule has 0 radical (unpaired) electrons. The third-order valence-electron chi connectivity index (χ3n) is 3.30. The summed E-state index contributed by atoms with van der Waals surface area (Å²) in [4.78, 5) is 12.0. The number of fused-ring (bicyclic) bond motifs is 1. The first kappa shape index (κ1) is 14.9. The van der Waals surface area contributed by atoms with E-state index in [1.54, 1.807) is 0 Å². The molecule has 0 bridgehead atoms. The normalized spacial score (nSPS) is 18.1. The van der Waals surface area contributed by atoms with Gasteiger partial charge in [0.15, 0.2) is 0 Å². The SMILES string of the molecule is CC(C)OCCC(=O)N[C@@H]1CCCOc2ccccc21. The van der Waals surface area contributed by atoms with Crippen LogP contribution in [-0.4, -0.2) is 25.2 Å². The zero-order valence-electron chi connectivity index (χ0n) is 12.2. The molecule has 1 aliphatic rings. The van der Waals surface area contributed by atoms with Crippen LogP contribution in [0.3, 0.4) is 0 Å². The van der Waals surface area contributed by atoms with Crippen LogP contribution in [0, 0.1) is 0 Å². The number of hydrogen-bond acceptors (Lipinski definition) is 3. The van der Waals surface area contributed by atoms with Gasteiger partial charge in [0, 0.05) is 12.0 Å². The van der Waals surface area contributed by atoms with Gasteiger partial charge in [-0.3, -0.25) is 4.79 Å². The summed E-state index contributed by atoms with van der Waals surface area (Å²) < 4.78 is 11.1. The molecular formula is C16H23NO3. The molecule has 1 N–H and O–H groups in total. The van der Waals surface area contributed by atoms with Crippen LogP contribution in [0.4, 0.5) is 0 Å². The number of benzene rings is 1. The van der Waals surface area contributed by atoms with E-state index in [0.717, 1.165) is 24.2 Å². The van der Waals surface area contributed by atoms with Crippen LogP contribution >= 0.6 is 0 Å². The predicted octanol–water partition coefficient (Wildman–Crippen LogP) is 2.83. The Morgan fingerprint density at radius 2 is 2.25 bits per heavy atom. The Bertz CT molecular complexity index is 445. The quantitative estimate of drug-likeness (QED) is 0.900. The van der Waals surface area contributed by atoms with Gasteiger partial charge < -0.3 is 14.8 Å². The molecule has 4 heteroatoms. The van der Waals surface area contributed by atoms with Crippen LogP contribution in [0.2, 0.25) is 0 Å². The second kappa shape index (κ2) is 7.29. The smallest absolute Gasteiger partial charge is 0.222 e. The molecular weight excluding hydrogens is 254 g/mol. The number of carbonyl (C=O) groups is 1. The standard InChI is InChI=1S/C16H23NO3/c1-12(2)19-11-9-16(18)17-14-7-5-10-20-15-8-4-3-6-13(14)15/h3-4,6,8,12,14H,5,7,9-11H2,1-2H3,(H,17,18)/t14-/m1/s1.